The fourth-order valence-corrected chi connectivity index (χ4v) is 1.40. The first-order chi connectivity index (χ1) is 6.40. The molecule has 0 N–H and O–H groups in total. The Balaban J connectivity index is 3.08. The van der Waals surface area contributed by atoms with Crippen LogP contribution in [-0.4, -0.2) is 33.8 Å². The summed E-state index contributed by atoms with van der Waals surface area (Å²) < 4.78 is 26.6. The normalized spacial score (nSPS) is 11.1. The van der Waals surface area contributed by atoms with Crippen LogP contribution < -0.4 is 9.08 Å². The van der Waals surface area contributed by atoms with Crippen LogP contribution in [0.15, 0.2) is 18.3 Å². The number of pyridine rings is 1. The highest BCUT2D eigenvalue weighted by Crippen LogP contribution is 2.24. The molecular weight excluding hydrogens is 204 g/mol. The molecule has 0 aromatic carbocycles. The molecule has 0 amide bonds. The first-order valence-corrected chi connectivity index (χ1v) is 5.73. The van der Waals surface area contributed by atoms with Gasteiger partial charge in [0.15, 0.2) is 11.6 Å². The van der Waals surface area contributed by atoms with Gasteiger partial charge in [0.05, 0.1) is 6.26 Å². The van der Waals surface area contributed by atoms with Gasteiger partial charge in [0.1, 0.15) is 0 Å². The van der Waals surface area contributed by atoms with Crippen molar-refractivity contribution in [3.63, 3.8) is 0 Å². The number of hydrogen-bond donors (Lipinski definition) is 0. The third kappa shape index (κ3) is 2.88. The first kappa shape index (κ1) is 10.8. The van der Waals surface area contributed by atoms with Crippen LogP contribution in [0.25, 0.3) is 0 Å². The molecule has 1 aromatic heterocycles. The molecule has 0 unspecified atom stereocenters. The highest BCUT2D eigenvalue weighted by atomic mass is 32.2. The highest BCUT2D eigenvalue weighted by Gasteiger charge is 2.11. The van der Waals surface area contributed by atoms with Crippen LogP contribution in [0.4, 0.5) is 5.82 Å². The monoisotopic (exact) mass is 216 g/mol. The Morgan fingerprint density at radius 1 is 1.43 bits per heavy atom. The maximum atomic E-state index is 10.9. The minimum absolute atomic E-state index is 0.236. The second-order valence-corrected chi connectivity index (χ2v) is 4.58. The summed E-state index contributed by atoms with van der Waals surface area (Å²) in [5.41, 5.74) is 0. The number of hydrogen-bond acceptors (Lipinski definition) is 5. The summed E-state index contributed by atoms with van der Waals surface area (Å²) in [6.45, 7) is 0. The van der Waals surface area contributed by atoms with Crippen LogP contribution in [0.2, 0.25) is 0 Å². The Morgan fingerprint density at radius 3 is 2.57 bits per heavy atom. The zero-order chi connectivity index (χ0) is 10.8. The molecule has 0 atom stereocenters. The SMILES string of the molecule is CN(C)c1ncccc1OS(C)(=O)=O. The summed E-state index contributed by atoms with van der Waals surface area (Å²) in [5.74, 6) is 0.720. The van der Waals surface area contributed by atoms with E-state index in [1.54, 1.807) is 37.3 Å². The van der Waals surface area contributed by atoms with Crippen molar-refractivity contribution < 1.29 is 12.6 Å². The second kappa shape index (κ2) is 3.83. The second-order valence-electron chi connectivity index (χ2n) is 3.01. The van der Waals surface area contributed by atoms with E-state index in [1.165, 1.54) is 0 Å². The van der Waals surface area contributed by atoms with E-state index >= 15 is 0 Å². The summed E-state index contributed by atoms with van der Waals surface area (Å²) in [6.07, 6.45) is 2.57. The van der Waals surface area contributed by atoms with E-state index in [1.807, 2.05) is 0 Å². The molecule has 1 rings (SSSR count). The lowest BCUT2D eigenvalue weighted by Gasteiger charge is -2.14. The summed E-state index contributed by atoms with van der Waals surface area (Å²) in [6, 6.07) is 3.18. The zero-order valence-electron chi connectivity index (χ0n) is 8.26. The van der Waals surface area contributed by atoms with Crippen molar-refractivity contribution >= 4 is 15.9 Å². The van der Waals surface area contributed by atoms with Crippen LogP contribution in [0.3, 0.4) is 0 Å². The van der Waals surface area contributed by atoms with E-state index in [0.717, 1.165) is 6.26 Å². The number of nitrogens with zero attached hydrogens (tertiary/aromatic N) is 2. The summed E-state index contributed by atoms with van der Waals surface area (Å²) in [4.78, 5) is 5.68. The molecule has 0 aliphatic rings. The van der Waals surface area contributed by atoms with Gasteiger partial charge in [-0.1, -0.05) is 0 Å². The maximum Gasteiger partial charge on any atom is 0.306 e. The van der Waals surface area contributed by atoms with E-state index in [-0.39, 0.29) is 5.75 Å². The number of aromatic nitrogens is 1. The predicted molar refractivity (Wildman–Crippen MR) is 54.0 cm³/mol. The van der Waals surface area contributed by atoms with E-state index in [0.29, 0.717) is 5.82 Å². The molecule has 0 aliphatic carbocycles. The van der Waals surface area contributed by atoms with Crippen molar-refractivity contribution in [2.45, 2.75) is 0 Å². The van der Waals surface area contributed by atoms with Gasteiger partial charge < -0.3 is 9.08 Å². The fourth-order valence-electron chi connectivity index (χ4n) is 0.946. The third-order valence-electron chi connectivity index (χ3n) is 1.42. The largest absolute Gasteiger partial charge is 0.379 e. The number of anilines is 1. The number of rotatable bonds is 3. The average Bonchev–Trinajstić information content (AvgIpc) is 2.01. The van der Waals surface area contributed by atoms with Crippen LogP contribution >= 0.6 is 0 Å². The van der Waals surface area contributed by atoms with Crippen LogP contribution in [0.5, 0.6) is 5.75 Å². The van der Waals surface area contributed by atoms with Gasteiger partial charge in [-0.15, -0.1) is 0 Å². The Kier molecular flexibility index (Phi) is 2.95. The Labute approximate surface area is 83.5 Å². The lowest BCUT2D eigenvalue weighted by atomic mass is 10.4. The van der Waals surface area contributed by atoms with Crippen molar-refractivity contribution in [3.05, 3.63) is 18.3 Å². The fraction of sp³-hybridized carbons (Fsp3) is 0.375. The molecule has 1 aromatic rings. The maximum absolute atomic E-state index is 10.9. The Morgan fingerprint density at radius 2 is 2.07 bits per heavy atom. The van der Waals surface area contributed by atoms with Gasteiger partial charge in [0.25, 0.3) is 0 Å². The first-order valence-electron chi connectivity index (χ1n) is 3.92. The van der Waals surface area contributed by atoms with Crippen molar-refractivity contribution in [1.29, 1.82) is 0 Å². The predicted octanol–water partition coefficient (Wildman–Crippen LogP) is 0.486. The Bertz CT molecular complexity index is 414. The lowest BCUT2D eigenvalue weighted by molar-refractivity contribution is 0.492. The van der Waals surface area contributed by atoms with Gasteiger partial charge in [-0.25, -0.2) is 4.98 Å². The smallest absolute Gasteiger partial charge is 0.306 e. The van der Waals surface area contributed by atoms with Gasteiger partial charge in [-0.3, -0.25) is 0 Å². The van der Waals surface area contributed by atoms with Gasteiger partial charge in [0.2, 0.25) is 0 Å². The van der Waals surface area contributed by atoms with Crippen molar-refractivity contribution in [2.75, 3.05) is 25.3 Å². The van der Waals surface area contributed by atoms with Crippen molar-refractivity contribution in [3.8, 4) is 5.75 Å². The van der Waals surface area contributed by atoms with Gasteiger partial charge in [-0.2, -0.15) is 8.42 Å². The van der Waals surface area contributed by atoms with Gasteiger partial charge in [-0.05, 0) is 12.1 Å². The van der Waals surface area contributed by atoms with Crippen molar-refractivity contribution in [1.82, 2.24) is 4.98 Å². The summed E-state index contributed by atoms with van der Waals surface area (Å²) in [5, 5.41) is 0. The lowest BCUT2D eigenvalue weighted by Crippen LogP contribution is -2.14. The van der Waals surface area contributed by atoms with Crippen LogP contribution in [0, 0.1) is 0 Å². The van der Waals surface area contributed by atoms with Gasteiger partial charge >= 0.3 is 10.1 Å². The van der Waals surface area contributed by atoms with Crippen molar-refractivity contribution in [2.24, 2.45) is 0 Å². The molecule has 0 aliphatic heterocycles. The molecule has 1 heterocycles. The standard InChI is InChI=1S/C8H12N2O3S/c1-10(2)8-7(5-4-6-9-8)13-14(3,11)12/h4-6H,1-3H3. The summed E-state index contributed by atoms with van der Waals surface area (Å²) >= 11 is 0. The van der Waals surface area contributed by atoms with E-state index in [4.69, 9.17) is 4.18 Å². The molecule has 6 heteroatoms. The average molecular weight is 216 g/mol. The van der Waals surface area contributed by atoms with E-state index in [9.17, 15) is 8.42 Å². The summed E-state index contributed by atoms with van der Waals surface area (Å²) in [7, 11) is 0.0229. The highest BCUT2D eigenvalue weighted by molar-refractivity contribution is 7.86. The third-order valence-corrected chi connectivity index (χ3v) is 1.90. The molecule has 0 fully saturated rings. The van der Waals surface area contributed by atoms with E-state index in [2.05, 4.69) is 4.98 Å². The molecule has 0 saturated heterocycles. The molecule has 0 radical (unpaired) electrons. The molecule has 14 heavy (non-hydrogen) atoms. The Hall–Kier alpha value is -1.30. The molecule has 0 saturated carbocycles. The van der Waals surface area contributed by atoms with Crippen LogP contribution in [0.1, 0.15) is 0 Å². The minimum Gasteiger partial charge on any atom is -0.379 e. The zero-order valence-corrected chi connectivity index (χ0v) is 9.08. The quantitative estimate of drug-likeness (QED) is 0.688. The van der Waals surface area contributed by atoms with Crippen LogP contribution in [-0.2, 0) is 10.1 Å². The molecule has 0 spiro atoms. The van der Waals surface area contributed by atoms with E-state index < -0.39 is 10.1 Å². The minimum atomic E-state index is -3.50. The molecule has 0 bridgehead atoms. The molecular formula is C8H12N2O3S. The topological polar surface area (TPSA) is 59.5 Å². The van der Waals surface area contributed by atoms with Gasteiger partial charge in [0, 0.05) is 20.3 Å². The molecule has 78 valence electrons. The molecule has 5 nitrogen and oxygen atoms in total.